The van der Waals surface area contributed by atoms with E-state index >= 15 is 0 Å². The summed E-state index contributed by atoms with van der Waals surface area (Å²) < 4.78 is 13.4. The van der Waals surface area contributed by atoms with Gasteiger partial charge in [-0.25, -0.2) is 4.39 Å². The van der Waals surface area contributed by atoms with Gasteiger partial charge in [0.15, 0.2) is 0 Å². The minimum absolute atomic E-state index is 0.0173. The zero-order valence-corrected chi connectivity index (χ0v) is 12.5. The lowest BCUT2D eigenvalue weighted by molar-refractivity contribution is -0.123. The first kappa shape index (κ1) is 14.4. The summed E-state index contributed by atoms with van der Waals surface area (Å²) in [4.78, 5) is 24.6. The molecule has 1 aliphatic heterocycles. The Bertz CT molecular complexity index is 966. The van der Waals surface area contributed by atoms with Crippen molar-refractivity contribution in [2.75, 3.05) is 10.6 Å². The van der Waals surface area contributed by atoms with Gasteiger partial charge in [-0.15, -0.1) is 0 Å². The van der Waals surface area contributed by atoms with Gasteiger partial charge in [0, 0.05) is 17.5 Å². The average molecular weight is 324 g/mol. The van der Waals surface area contributed by atoms with E-state index in [2.05, 4.69) is 20.8 Å². The Kier molecular flexibility index (Phi) is 3.26. The largest absolute Gasteiger partial charge is 0.326 e. The first-order valence-electron chi connectivity index (χ1n) is 7.44. The van der Waals surface area contributed by atoms with E-state index in [0.29, 0.717) is 22.5 Å². The molecule has 0 radical (unpaired) electrons. The van der Waals surface area contributed by atoms with Crippen LogP contribution in [0.3, 0.4) is 0 Å². The maximum absolute atomic E-state index is 13.4. The lowest BCUT2D eigenvalue weighted by Gasteiger charge is -2.25. The predicted octanol–water partition coefficient (Wildman–Crippen LogP) is 2.77. The molecule has 0 saturated carbocycles. The smallest absolute Gasteiger partial charge is 0.232 e. The van der Waals surface area contributed by atoms with Crippen LogP contribution in [0.15, 0.2) is 42.6 Å². The maximum Gasteiger partial charge on any atom is 0.232 e. The fourth-order valence-electron chi connectivity index (χ4n) is 2.96. The molecule has 4 rings (SSSR count). The third-order valence-electron chi connectivity index (χ3n) is 4.11. The molecule has 0 fully saturated rings. The van der Waals surface area contributed by atoms with Gasteiger partial charge in [0.25, 0.3) is 0 Å². The number of nitrogens with zero attached hydrogens (tertiary/aromatic N) is 1. The summed E-state index contributed by atoms with van der Waals surface area (Å²) in [5, 5.41) is 13.1. The fraction of sp³-hybridized carbons (Fsp3) is 0.118. The zero-order chi connectivity index (χ0) is 16.7. The van der Waals surface area contributed by atoms with Crippen molar-refractivity contribution in [1.82, 2.24) is 10.2 Å². The topological polar surface area (TPSA) is 86.9 Å². The molecule has 0 bridgehead atoms. The number of rotatable bonds is 2. The Labute approximate surface area is 136 Å². The average Bonchev–Trinajstić information content (AvgIpc) is 3.03. The van der Waals surface area contributed by atoms with E-state index in [9.17, 15) is 14.0 Å². The van der Waals surface area contributed by atoms with Gasteiger partial charge < -0.3 is 10.6 Å². The molecule has 2 aromatic carbocycles. The zero-order valence-electron chi connectivity index (χ0n) is 12.5. The maximum atomic E-state index is 13.4. The van der Waals surface area contributed by atoms with Gasteiger partial charge in [-0.1, -0.05) is 18.2 Å². The molecule has 0 spiro atoms. The number of aromatic amines is 1. The Morgan fingerprint density at radius 3 is 3.04 bits per heavy atom. The molecule has 3 N–H and O–H groups in total. The number of hydrogen-bond donors (Lipinski definition) is 3. The summed E-state index contributed by atoms with van der Waals surface area (Å²) >= 11 is 0. The summed E-state index contributed by atoms with van der Waals surface area (Å²) in [5.74, 6) is -1.77. The van der Waals surface area contributed by atoms with Gasteiger partial charge >= 0.3 is 0 Å². The van der Waals surface area contributed by atoms with Gasteiger partial charge in [0.2, 0.25) is 11.8 Å². The fourth-order valence-corrected chi connectivity index (χ4v) is 2.96. The van der Waals surface area contributed by atoms with Gasteiger partial charge in [0.05, 0.1) is 23.3 Å². The van der Waals surface area contributed by atoms with E-state index in [-0.39, 0.29) is 18.2 Å². The Morgan fingerprint density at radius 1 is 1.29 bits per heavy atom. The van der Waals surface area contributed by atoms with Crippen LogP contribution in [0.2, 0.25) is 0 Å². The van der Waals surface area contributed by atoms with Gasteiger partial charge in [-0.2, -0.15) is 5.10 Å². The summed E-state index contributed by atoms with van der Waals surface area (Å²) in [6, 6.07) is 9.48. The molecule has 2 amide bonds. The van der Waals surface area contributed by atoms with Gasteiger partial charge in [-0.3, -0.25) is 14.7 Å². The van der Waals surface area contributed by atoms with E-state index in [1.54, 1.807) is 12.3 Å². The van der Waals surface area contributed by atoms with E-state index in [1.165, 1.54) is 18.2 Å². The van der Waals surface area contributed by atoms with Crippen molar-refractivity contribution < 1.29 is 14.0 Å². The SMILES string of the molecule is O=C1CC(C(=O)Nc2cccc3cn[nH]c23)c2ccc(F)cc2N1. The van der Waals surface area contributed by atoms with E-state index < -0.39 is 11.7 Å². The molecule has 0 saturated heterocycles. The minimum atomic E-state index is -0.674. The number of aromatic nitrogens is 2. The molecule has 7 heteroatoms. The molecular weight excluding hydrogens is 311 g/mol. The Hall–Kier alpha value is -3.22. The van der Waals surface area contributed by atoms with Gasteiger partial charge in [0.1, 0.15) is 5.82 Å². The first-order valence-corrected chi connectivity index (χ1v) is 7.44. The van der Waals surface area contributed by atoms with Crippen molar-refractivity contribution in [3.63, 3.8) is 0 Å². The lowest BCUT2D eigenvalue weighted by atomic mass is 9.89. The van der Waals surface area contributed by atoms with Gasteiger partial charge in [-0.05, 0) is 23.8 Å². The number of fused-ring (bicyclic) bond motifs is 2. The second-order valence-electron chi connectivity index (χ2n) is 5.67. The van der Waals surface area contributed by atoms with Crippen molar-refractivity contribution in [2.45, 2.75) is 12.3 Å². The number of carbonyl (C=O) groups is 2. The Morgan fingerprint density at radius 2 is 2.17 bits per heavy atom. The van der Waals surface area contributed by atoms with E-state index in [1.807, 2.05) is 12.1 Å². The molecular formula is C17H13FN4O2. The summed E-state index contributed by atoms with van der Waals surface area (Å²) in [5.41, 5.74) is 2.24. The van der Waals surface area contributed by atoms with Crippen LogP contribution in [0, 0.1) is 5.82 Å². The van der Waals surface area contributed by atoms with Crippen LogP contribution in [0.25, 0.3) is 10.9 Å². The van der Waals surface area contributed by atoms with Crippen molar-refractivity contribution >= 4 is 34.1 Å². The van der Waals surface area contributed by atoms with Crippen LogP contribution < -0.4 is 10.6 Å². The molecule has 1 atom stereocenters. The molecule has 24 heavy (non-hydrogen) atoms. The quantitative estimate of drug-likeness (QED) is 0.677. The van der Waals surface area contributed by atoms with Crippen molar-refractivity contribution in [3.05, 3.63) is 54.0 Å². The number of carbonyl (C=O) groups excluding carboxylic acids is 2. The van der Waals surface area contributed by atoms with Crippen LogP contribution in [0.4, 0.5) is 15.8 Å². The summed E-state index contributed by atoms with van der Waals surface area (Å²) in [6.45, 7) is 0. The highest BCUT2D eigenvalue weighted by molar-refractivity contribution is 6.07. The molecule has 3 aromatic rings. The number of anilines is 2. The third-order valence-corrected chi connectivity index (χ3v) is 4.11. The number of H-pyrrole nitrogens is 1. The standard InChI is InChI=1S/C17H13FN4O2/c18-10-4-5-11-12(7-15(23)20-14(11)6-10)17(24)21-13-3-1-2-9-8-19-22-16(9)13/h1-6,8,12H,7H2,(H,19,22)(H,20,23)(H,21,24). The number of amides is 2. The van der Waals surface area contributed by atoms with Crippen molar-refractivity contribution in [3.8, 4) is 0 Å². The van der Waals surface area contributed by atoms with Crippen LogP contribution in [-0.2, 0) is 9.59 Å². The number of halogens is 1. The molecule has 0 aliphatic carbocycles. The van der Waals surface area contributed by atoms with E-state index in [0.717, 1.165) is 5.39 Å². The third kappa shape index (κ3) is 2.40. The van der Waals surface area contributed by atoms with Crippen molar-refractivity contribution in [1.29, 1.82) is 0 Å². The van der Waals surface area contributed by atoms with Crippen LogP contribution in [0.1, 0.15) is 17.9 Å². The highest BCUT2D eigenvalue weighted by Crippen LogP contribution is 2.34. The second-order valence-corrected chi connectivity index (χ2v) is 5.67. The highest BCUT2D eigenvalue weighted by Gasteiger charge is 2.31. The molecule has 120 valence electrons. The summed E-state index contributed by atoms with van der Waals surface area (Å²) in [6.07, 6.45) is 1.68. The molecule has 1 aromatic heterocycles. The van der Waals surface area contributed by atoms with E-state index in [4.69, 9.17) is 0 Å². The molecule has 6 nitrogen and oxygen atoms in total. The number of para-hydroxylation sites is 1. The molecule has 1 aliphatic rings. The lowest BCUT2D eigenvalue weighted by Crippen LogP contribution is -2.30. The normalized spacial score (nSPS) is 16.5. The van der Waals surface area contributed by atoms with Crippen LogP contribution in [-0.4, -0.2) is 22.0 Å². The number of nitrogens with one attached hydrogen (secondary N) is 3. The minimum Gasteiger partial charge on any atom is -0.326 e. The first-order chi connectivity index (χ1) is 11.6. The second kappa shape index (κ2) is 5.45. The van der Waals surface area contributed by atoms with Crippen LogP contribution in [0.5, 0.6) is 0 Å². The number of hydrogen-bond acceptors (Lipinski definition) is 3. The predicted molar refractivity (Wildman–Crippen MR) is 87.1 cm³/mol. The van der Waals surface area contributed by atoms with Crippen molar-refractivity contribution in [2.24, 2.45) is 0 Å². The summed E-state index contributed by atoms with van der Waals surface area (Å²) in [7, 11) is 0. The monoisotopic (exact) mass is 324 g/mol. The Balaban J connectivity index is 1.68. The highest BCUT2D eigenvalue weighted by atomic mass is 19.1. The molecule has 1 unspecified atom stereocenters. The number of benzene rings is 2. The van der Waals surface area contributed by atoms with Crippen LogP contribution >= 0.6 is 0 Å². The molecule has 2 heterocycles.